The minimum Gasteiger partial charge on any atom is -0.0783 e. The molecule has 0 rings (SSSR count). The molecule has 0 nitrogen and oxygen atoms in total. The van der Waals surface area contributed by atoms with Crippen LogP contribution in [0.5, 0.6) is 0 Å². The van der Waals surface area contributed by atoms with Gasteiger partial charge in [0.15, 0.2) is 0 Å². The summed E-state index contributed by atoms with van der Waals surface area (Å²) in [6.07, 6.45) is 24.6. The quantitative estimate of drug-likeness (QED) is 0.147. The van der Waals surface area contributed by atoms with Crippen LogP contribution in [0.4, 0.5) is 0 Å². The summed E-state index contributed by atoms with van der Waals surface area (Å²) in [5.74, 6) is 3.78. The van der Waals surface area contributed by atoms with Gasteiger partial charge in [-0.1, -0.05) is 137 Å². The monoisotopic (exact) mass is 378 g/mol. The van der Waals surface area contributed by atoms with E-state index in [1.807, 2.05) is 0 Å². The zero-order chi connectivity index (χ0) is 20.3. The molecule has 0 aromatic heterocycles. The summed E-state index contributed by atoms with van der Waals surface area (Å²) in [5, 5.41) is 0. The molecule has 0 amide bonds. The topological polar surface area (TPSA) is 0 Å². The maximum Gasteiger partial charge on any atom is 0.101 e. The van der Waals surface area contributed by atoms with Crippen LogP contribution in [0.25, 0.3) is 0 Å². The van der Waals surface area contributed by atoms with Gasteiger partial charge in [-0.05, 0) is 30.1 Å². The Hall–Kier alpha value is 0.0649. The molecule has 0 fully saturated rings. The van der Waals surface area contributed by atoms with E-state index < -0.39 is 0 Å². The summed E-state index contributed by atoms with van der Waals surface area (Å²) in [5.41, 5.74) is 0. The fourth-order valence-electron chi connectivity index (χ4n) is 4.84. The third-order valence-corrected chi connectivity index (χ3v) is 7.22. The summed E-state index contributed by atoms with van der Waals surface area (Å²) >= 11 is 0. The highest BCUT2D eigenvalue weighted by Crippen LogP contribution is 2.35. The van der Waals surface area contributed by atoms with E-state index in [9.17, 15) is 0 Å². The standard InChI is InChI=1S/C26H55B/c1-6-9-11-12-13-14-15-17-20-25(19-16-10-7-2)26(18-8-3)21-23(4)24(5)22-27/h23-26H,6-22,27H2,1-5H3. The predicted octanol–water partition coefficient (Wildman–Crippen LogP) is 8.84. The first-order valence-electron chi connectivity index (χ1n) is 13.1. The second-order valence-corrected chi connectivity index (χ2v) is 9.67. The van der Waals surface area contributed by atoms with E-state index in [1.54, 1.807) is 0 Å². The molecule has 0 bridgehead atoms. The van der Waals surface area contributed by atoms with Crippen LogP contribution in [0.2, 0.25) is 6.32 Å². The summed E-state index contributed by atoms with van der Waals surface area (Å²) in [7, 11) is 2.37. The molecular formula is C26H55B. The van der Waals surface area contributed by atoms with Crippen molar-refractivity contribution in [3.8, 4) is 0 Å². The van der Waals surface area contributed by atoms with Gasteiger partial charge in [-0.25, -0.2) is 0 Å². The van der Waals surface area contributed by atoms with E-state index in [-0.39, 0.29) is 0 Å². The second-order valence-electron chi connectivity index (χ2n) is 9.67. The number of hydrogen-bond donors (Lipinski definition) is 0. The Labute approximate surface area is 175 Å². The van der Waals surface area contributed by atoms with Crippen molar-refractivity contribution in [3.63, 3.8) is 0 Å². The van der Waals surface area contributed by atoms with Crippen molar-refractivity contribution < 1.29 is 0 Å². The first kappa shape index (κ1) is 27.1. The highest BCUT2D eigenvalue weighted by Gasteiger charge is 2.24. The van der Waals surface area contributed by atoms with Crippen LogP contribution in [0.3, 0.4) is 0 Å². The lowest BCUT2D eigenvalue weighted by Gasteiger charge is -2.31. The van der Waals surface area contributed by atoms with E-state index in [0.717, 1.165) is 23.7 Å². The maximum atomic E-state index is 2.52. The van der Waals surface area contributed by atoms with Gasteiger partial charge in [0.2, 0.25) is 0 Å². The average molecular weight is 379 g/mol. The zero-order valence-electron chi connectivity index (χ0n) is 20.3. The predicted molar refractivity (Wildman–Crippen MR) is 130 cm³/mol. The molecule has 0 spiro atoms. The zero-order valence-corrected chi connectivity index (χ0v) is 20.3. The van der Waals surface area contributed by atoms with Crippen molar-refractivity contribution in [2.45, 2.75) is 144 Å². The number of unbranched alkanes of at least 4 members (excludes halogenated alkanes) is 9. The van der Waals surface area contributed by atoms with Crippen LogP contribution in [0, 0.1) is 23.7 Å². The smallest absolute Gasteiger partial charge is 0.0783 e. The van der Waals surface area contributed by atoms with E-state index in [2.05, 4.69) is 42.5 Å². The van der Waals surface area contributed by atoms with Gasteiger partial charge in [-0.15, -0.1) is 0 Å². The molecule has 0 aromatic carbocycles. The maximum absolute atomic E-state index is 2.52. The van der Waals surface area contributed by atoms with Crippen molar-refractivity contribution >= 4 is 7.85 Å². The Morgan fingerprint density at radius 2 is 1.00 bits per heavy atom. The minimum atomic E-state index is 0.892. The van der Waals surface area contributed by atoms with Gasteiger partial charge in [0, 0.05) is 0 Å². The third-order valence-electron chi connectivity index (χ3n) is 7.22. The molecule has 0 aromatic rings. The first-order chi connectivity index (χ1) is 13.1. The van der Waals surface area contributed by atoms with Gasteiger partial charge in [-0.2, -0.15) is 0 Å². The minimum absolute atomic E-state index is 0.892. The van der Waals surface area contributed by atoms with Crippen molar-refractivity contribution in [3.05, 3.63) is 0 Å². The molecule has 0 heterocycles. The molecule has 0 radical (unpaired) electrons. The molecule has 27 heavy (non-hydrogen) atoms. The lowest BCUT2D eigenvalue weighted by molar-refractivity contribution is 0.202. The SMILES string of the molecule is BCC(C)C(C)CC(CCC)C(CCCCC)CCCCCCCCCC. The lowest BCUT2D eigenvalue weighted by Crippen LogP contribution is -2.21. The van der Waals surface area contributed by atoms with Crippen LogP contribution in [0.1, 0.15) is 137 Å². The average Bonchev–Trinajstić information content (AvgIpc) is 2.67. The summed E-state index contributed by atoms with van der Waals surface area (Å²) in [6, 6.07) is 0. The molecule has 0 aliphatic rings. The Balaban J connectivity index is 4.44. The van der Waals surface area contributed by atoms with Crippen molar-refractivity contribution in [2.24, 2.45) is 23.7 Å². The number of hydrogen-bond acceptors (Lipinski definition) is 0. The molecule has 0 aliphatic carbocycles. The molecular weight excluding hydrogens is 323 g/mol. The Morgan fingerprint density at radius 3 is 1.52 bits per heavy atom. The molecule has 1 heteroatoms. The van der Waals surface area contributed by atoms with Crippen molar-refractivity contribution in [1.29, 1.82) is 0 Å². The Bertz CT molecular complexity index is 288. The Kier molecular flexibility index (Phi) is 19.4. The molecule has 0 aliphatic heterocycles. The van der Waals surface area contributed by atoms with Crippen molar-refractivity contribution in [1.82, 2.24) is 0 Å². The van der Waals surface area contributed by atoms with E-state index >= 15 is 0 Å². The fourth-order valence-corrected chi connectivity index (χ4v) is 4.84. The van der Waals surface area contributed by atoms with Gasteiger partial charge < -0.3 is 0 Å². The highest BCUT2D eigenvalue weighted by molar-refractivity contribution is 6.08. The molecule has 0 saturated carbocycles. The molecule has 4 atom stereocenters. The van der Waals surface area contributed by atoms with Crippen LogP contribution in [-0.4, -0.2) is 7.85 Å². The van der Waals surface area contributed by atoms with Gasteiger partial charge in [0.1, 0.15) is 7.85 Å². The van der Waals surface area contributed by atoms with Gasteiger partial charge in [-0.3, -0.25) is 0 Å². The summed E-state index contributed by atoms with van der Waals surface area (Å²) in [4.78, 5) is 0. The first-order valence-corrected chi connectivity index (χ1v) is 13.1. The molecule has 4 unspecified atom stereocenters. The summed E-state index contributed by atoms with van der Waals surface area (Å²) in [6.45, 7) is 12.1. The van der Waals surface area contributed by atoms with E-state index in [0.29, 0.717) is 0 Å². The van der Waals surface area contributed by atoms with Crippen LogP contribution >= 0.6 is 0 Å². The van der Waals surface area contributed by atoms with Gasteiger partial charge in [0.05, 0.1) is 0 Å². The van der Waals surface area contributed by atoms with Crippen LogP contribution < -0.4 is 0 Å². The van der Waals surface area contributed by atoms with Crippen LogP contribution in [-0.2, 0) is 0 Å². The number of rotatable bonds is 20. The van der Waals surface area contributed by atoms with Gasteiger partial charge in [0.25, 0.3) is 0 Å². The van der Waals surface area contributed by atoms with E-state index in [1.165, 1.54) is 109 Å². The largest absolute Gasteiger partial charge is 0.101 e. The summed E-state index contributed by atoms with van der Waals surface area (Å²) < 4.78 is 0. The normalized spacial score (nSPS) is 16.2. The highest BCUT2D eigenvalue weighted by atomic mass is 14.3. The lowest BCUT2D eigenvalue weighted by atomic mass is 9.73. The molecule has 0 saturated heterocycles. The fraction of sp³-hybridized carbons (Fsp3) is 1.00. The van der Waals surface area contributed by atoms with Gasteiger partial charge >= 0.3 is 0 Å². The third kappa shape index (κ3) is 14.7. The van der Waals surface area contributed by atoms with E-state index in [4.69, 9.17) is 0 Å². The molecule has 0 N–H and O–H groups in total. The second kappa shape index (κ2) is 19.4. The van der Waals surface area contributed by atoms with Crippen molar-refractivity contribution in [2.75, 3.05) is 0 Å². The van der Waals surface area contributed by atoms with Crippen LogP contribution in [0.15, 0.2) is 0 Å². The Morgan fingerprint density at radius 1 is 0.519 bits per heavy atom. The molecule has 162 valence electrons.